The molecule has 0 radical (unpaired) electrons. The molecular weight excluding hydrogens is 795 g/mol. The topological polar surface area (TPSA) is 129 Å². The lowest BCUT2D eigenvalue weighted by atomic mass is 10.1. The summed E-state index contributed by atoms with van der Waals surface area (Å²) in [4.78, 5) is 0.822. The first kappa shape index (κ1) is 43.9. The van der Waals surface area contributed by atoms with Crippen molar-refractivity contribution in [2.45, 2.75) is 58.2 Å². The molecule has 1 atom stereocenters. The minimum Gasteiger partial charge on any atom is -0.598 e. The maximum Gasteiger partial charge on any atom is 0.206 e. The lowest BCUT2D eigenvalue weighted by molar-refractivity contribution is 0.543. The highest BCUT2D eigenvalue weighted by Gasteiger charge is 2.28. The Morgan fingerprint density at radius 3 is 1.24 bits per heavy atom. The van der Waals surface area contributed by atoms with E-state index in [-0.39, 0.29) is 44.3 Å². The molecule has 0 heterocycles. The first-order valence-electron chi connectivity index (χ1n) is 18.2. The van der Waals surface area contributed by atoms with Crippen LogP contribution in [0, 0.1) is 11.6 Å². The van der Waals surface area contributed by atoms with Crippen LogP contribution in [0.4, 0.5) is 8.78 Å². The Kier molecular flexibility index (Phi) is 14.8. The molecule has 0 bridgehead atoms. The Bertz CT molecular complexity index is 2570. The van der Waals surface area contributed by atoms with Crippen LogP contribution in [0.5, 0.6) is 0 Å². The van der Waals surface area contributed by atoms with Gasteiger partial charge in [-0.3, -0.25) is 0 Å². The molecule has 0 spiro atoms. The number of benzene rings is 6. The average Bonchev–Trinajstić information content (AvgIpc) is 3.22. The van der Waals surface area contributed by atoms with E-state index in [9.17, 15) is 30.2 Å². The summed E-state index contributed by atoms with van der Waals surface area (Å²) in [6, 6.07) is 38.9. The zero-order valence-corrected chi connectivity index (χ0v) is 34.6. The van der Waals surface area contributed by atoms with Gasteiger partial charge in [0.25, 0.3) is 0 Å². The number of hydrogen-bond acceptors (Lipinski definition) is 7. The Balaban J connectivity index is 0.000000226. The second-order valence-electron chi connectivity index (χ2n) is 14.0. The maximum atomic E-state index is 13.3. The number of hydrogen-bond donors (Lipinski definition) is 2. The Morgan fingerprint density at radius 1 is 0.552 bits per heavy atom. The van der Waals surface area contributed by atoms with Crippen molar-refractivity contribution >= 4 is 55.3 Å². The molecule has 0 aromatic heterocycles. The van der Waals surface area contributed by atoms with Crippen LogP contribution in [-0.2, 0) is 44.1 Å². The minimum absolute atomic E-state index is 0.161. The summed E-state index contributed by atoms with van der Waals surface area (Å²) in [5.41, 5.74) is 10.2. The van der Waals surface area contributed by atoms with Gasteiger partial charge in [-0.2, -0.15) is 0 Å². The van der Waals surface area contributed by atoms with Gasteiger partial charge >= 0.3 is 0 Å². The smallest absolute Gasteiger partial charge is 0.206 e. The van der Waals surface area contributed by atoms with E-state index in [1.54, 1.807) is 121 Å². The third-order valence-electron chi connectivity index (χ3n) is 8.75. The van der Waals surface area contributed by atoms with Gasteiger partial charge in [0.2, 0.25) is 19.7 Å². The third kappa shape index (κ3) is 11.7. The molecule has 3 N–H and O–H groups in total. The van der Waals surface area contributed by atoms with Gasteiger partial charge in [-0.15, -0.1) is 4.72 Å². The van der Waals surface area contributed by atoms with Crippen molar-refractivity contribution in [2.75, 3.05) is 0 Å². The van der Waals surface area contributed by atoms with Gasteiger partial charge in [0, 0.05) is 17.9 Å². The summed E-state index contributed by atoms with van der Waals surface area (Å²) in [6.07, 6.45) is 7.35. The standard InChI is InChI=1S/C25H26FNO3S2.C21H18FNO2S/c1-25(2,3)31(28)27-18-21-6-4-5-7-24(21)32(29,30)23-16-12-20(13-17-23)9-8-19-10-14-22(26)15-11-19;22-19-11-7-16(8-12-19)5-6-17-9-13-20(14-10-17)26(24,25)21-4-2-1-3-18(21)15-23/h4-17,27H,18H2,1-3H3;1-14H,15,23H2/b9-8+;6-5+. The molecule has 12 heteroatoms. The summed E-state index contributed by atoms with van der Waals surface area (Å²) in [5.74, 6) is -0.577. The van der Waals surface area contributed by atoms with E-state index < -0.39 is 35.8 Å². The van der Waals surface area contributed by atoms with Crippen LogP contribution >= 0.6 is 0 Å². The molecule has 0 fully saturated rings. The maximum absolute atomic E-state index is 13.3. The van der Waals surface area contributed by atoms with Crippen molar-refractivity contribution in [2.24, 2.45) is 5.73 Å². The van der Waals surface area contributed by atoms with Crippen molar-refractivity contribution in [1.29, 1.82) is 0 Å². The Hall–Kier alpha value is -5.21. The molecule has 0 aliphatic rings. The lowest BCUT2D eigenvalue weighted by Gasteiger charge is -2.24. The molecule has 0 aliphatic carbocycles. The SMILES string of the molecule is CC(C)(C)[S+]([O-])NCc1ccccc1S(=O)(=O)c1ccc(/C=C/c2ccc(F)cc2)cc1.NCc1ccccc1S(=O)(=O)c1ccc(/C=C/c2ccc(F)cc2)cc1. The summed E-state index contributed by atoms with van der Waals surface area (Å²) in [7, 11) is -7.36. The zero-order valence-electron chi connectivity index (χ0n) is 32.2. The highest BCUT2D eigenvalue weighted by molar-refractivity contribution is 7.92. The average molecular weight is 839 g/mol. The van der Waals surface area contributed by atoms with Crippen molar-refractivity contribution < 1.29 is 30.2 Å². The van der Waals surface area contributed by atoms with Crippen LogP contribution in [0.3, 0.4) is 0 Å². The van der Waals surface area contributed by atoms with Gasteiger partial charge in [-0.25, -0.2) is 25.6 Å². The fourth-order valence-electron chi connectivity index (χ4n) is 5.51. The number of halogens is 2. The highest BCUT2D eigenvalue weighted by Crippen LogP contribution is 2.27. The van der Waals surface area contributed by atoms with Gasteiger partial charge < -0.3 is 10.3 Å². The van der Waals surface area contributed by atoms with Crippen molar-refractivity contribution in [3.8, 4) is 0 Å². The van der Waals surface area contributed by atoms with E-state index in [4.69, 9.17) is 5.73 Å². The van der Waals surface area contributed by atoms with Crippen LogP contribution in [0.1, 0.15) is 54.2 Å². The largest absolute Gasteiger partial charge is 0.598 e. The van der Waals surface area contributed by atoms with Crippen molar-refractivity contribution in [1.82, 2.24) is 4.72 Å². The summed E-state index contributed by atoms with van der Waals surface area (Å²) >= 11 is -1.31. The first-order valence-corrected chi connectivity index (χ1v) is 22.3. The van der Waals surface area contributed by atoms with E-state index in [0.717, 1.165) is 22.3 Å². The van der Waals surface area contributed by atoms with Gasteiger partial charge in [0.1, 0.15) is 16.4 Å². The molecule has 300 valence electrons. The normalized spacial score (nSPS) is 12.7. The fourth-order valence-corrected chi connectivity index (χ4v) is 9.22. The van der Waals surface area contributed by atoms with Crippen LogP contribution in [0.25, 0.3) is 24.3 Å². The lowest BCUT2D eigenvalue weighted by Crippen LogP contribution is -2.39. The molecule has 0 saturated carbocycles. The number of nitrogens with one attached hydrogen (secondary N) is 1. The molecule has 6 aromatic rings. The van der Waals surface area contributed by atoms with Crippen molar-refractivity contribution in [3.05, 3.63) is 191 Å². The van der Waals surface area contributed by atoms with Gasteiger partial charge in [-0.1, -0.05) is 109 Å². The predicted molar refractivity (Wildman–Crippen MR) is 230 cm³/mol. The van der Waals surface area contributed by atoms with E-state index in [2.05, 4.69) is 4.72 Å². The zero-order chi connectivity index (χ0) is 41.9. The van der Waals surface area contributed by atoms with Crippen LogP contribution in [0.2, 0.25) is 0 Å². The summed E-state index contributed by atoms with van der Waals surface area (Å²) in [6.45, 7) is 5.90. The van der Waals surface area contributed by atoms with E-state index in [1.165, 1.54) is 24.3 Å². The first-order chi connectivity index (χ1) is 27.6. The second kappa shape index (κ2) is 19.5. The van der Waals surface area contributed by atoms with E-state index in [0.29, 0.717) is 11.1 Å². The van der Waals surface area contributed by atoms with Crippen LogP contribution in [0.15, 0.2) is 165 Å². The molecule has 0 aliphatic heterocycles. The number of sulfone groups is 2. The third-order valence-corrected chi connectivity index (χ3v) is 14.0. The molecule has 1 unspecified atom stereocenters. The molecule has 0 amide bonds. The van der Waals surface area contributed by atoms with Gasteiger partial charge in [0.15, 0.2) is 0 Å². The quantitative estimate of drug-likeness (QED) is 0.0928. The van der Waals surface area contributed by atoms with E-state index in [1.807, 2.05) is 45.1 Å². The van der Waals surface area contributed by atoms with Gasteiger partial charge in [0.05, 0.1) is 26.1 Å². The fraction of sp³-hybridized carbons (Fsp3) is 0.130. The number of nitrogens with two attached hydrogens (primary N) is 1. The highest BCUT2D eigenvalue weighted by atomic mass is 32.2. The van der Waals surface area contributed by atoms with Crippen LogP contribution in [-0.4, -0.2) is 26.1 Å². The molecular formula is C46H44F2N2O5S3. The molecule has 6 rings (SSSR count). The molecule has 0 saturated heterocycles. The van der Waals surface area contributed by atoms with E-state index >= 15 is 0 Å². The monoisotopic (exact) mass is 838 g/mol. The van der Waals surface area contributed by atoms with Crippen molar-refractivity contribution in [3.63, 3.8) is 0 Å². The number of rotatable bonds is 12. The van der Waals surface area contributed by atoms with Crippen LogP contribution < -0.4 is 10.5 Å². The Morgan fingerprint density at radius 2 is 0.879 bits per heavy atom. The van der Waals surface area contributed by atoms with Gasteiger partial charge in [-0.05, 0) is 115 Å². The molecule has 6 aromatic carbocycles. The summed E-state index contributed by atoms with van der Waals surface area (Å²) < 4.78 is 92.9. The second-order valence-corrected chi connectivity index (χ2v) is 19.9. The summed E-state index contributed by atoms with van der Waals surface area (Å²) in [5, 5.41) is 0. The Labute approximate surface area is 343 Å². The molecule has 58 heavy (non-hydrogen) atoms. The minimum atomic E-state index is -3.75. The predicted octanol–water partition coefficient (Wildman–Crippen LogP) is 9.67. The molecule has 7 nitrogen and oxygen atoms in total.